The van der Waals surface area contributed by atoms with E-state index in [2.05, 4.69) is 29.1 Å². The molecule has 8 nitrogen and oxygen atoms in total. The van der Waals surface area contributed by atoms with Crippen molar-refractivity contribution in [1.82, 2.24) is 10.2 Å². The molecule has 5 N–H and O–H groups in total. The van der Waals surface area contributed by atoms with Crippen LogP contribution in [0.4, 0.5) is 0 Å². The number of rotatable bonds is 16. The molecule has 2 unspecified atom stereocenters. The highest BCUT2D eigenvalue weighted by atomic mass is 16.5. The van der Waals surface area contributed by atoms with Gasteiger partial charge >= 0.3 is 5.97 Å². The highest BCUT2D eigenvalue weighted by Gasteiger charge is 2.44. The standard InChI is InChI=1S/C27H48N6O2/c1-3-5-7-8-10-13-20-19-21-15-16-23-24(25(34)35-18-12-11-17-30-26(28)29)22(14-9-6-4-2)32-27(31-20)33(21)23/h20-22H,3-19H2,1-2H3,(H,31,32)(H4,28,29,30)/t20?,21-,22?/m1/s1. The van der Waals surface area contributed by atoms with Crippen LogP contribution in [-0.2, 0) is 9.53 Å². The zero-order chi connectivity index (χ0) is 25.0. The summed E-state index contributed by atoms with van der Waals surface area (Å²) >= 11 is 0. The topological polar surface area (TPSA) is 118 Å². The lowest BCUT2D eigenvalue weighted by Gasteiger charge is -2.42. The average Bonchev–Trinajstić information content (AvgIpc) is 3.25. The molecule has 0 aromatic heterocycles. The second-order valence-corrected chi connectivity index (χ2v) is 10.3. The zero-order valence-corrected chi connectivity index (χ0v) is 22.1. The summed E-state index contributed by atoms with van der Waals surface area (Å²) in [6.45, 7) is 5.41. The van der Waals surface area contributed by atoms with Crippen molar-refractivity contribution >= 4 is 17.9 Å². The van der Waals surface area contributed by atoms with E-state index in [1.165, 1.54) is 38.5 Å². The molecule has 3 heterocycles. The van der Waals surface area contributed by atoms with Crippen LogP contribution in [0, 0.1) is 0 Å². The number of nitrogens with one attached hydrogen (secondary N) is 1. The molecule has 35 heavy (non-hydrogen) atoms. The number of nitrogens with zero attached hydrogens (tertiary/aromatic N) is 3. The lowest BCUT2D eigenvalue weighted by atomic mass is 9.95. The van der Waals surface area contributed by atoms with Crippen LogP contribution in [0.25, 0.3) is 0 Å². The van der Waals surface area contributed by atoms with Crippen molar-refractivity contribution in [3.05, 3.63) is 11.3 Å². The molecule has 0 spiro atoms. The largest absolute Gasteiger partial charge is 0.462 e. The summed E-state index contributed by atoms with van der Waals surface area (Å²) in [7, 11) is 0. The second kappa shape index (κ2) is 14.3. The van der Waals surface area contributed by atoms with Crippen molar-refractivity contribution in [2.45, 2.75) is 128 Å². The van der Waals surface area contributed by atoms with E-state index in [-0.39, 0.29) is 18.0 Å². The van der Waals surface area contributed by atoms with Gasteiger partial charge in [-0.3, -0.25) is 4.99 Å². The summed E-state index contributed by atoms with van der Waals surface area (Å²) in [5.41, 5.74) is 12.7. The predicted octanol–water partition coefficient (Wildman–Crippen LogP) is 4.34. The number of ether oxygens (including phenoxy) is 1. The van der Waals surface area contributed by atoms with Crippen molar-refractivity contribution in [3.63, 3.8) is 0 Å². The van der Waals surface area contributed by atoms with Crippen molar-refractivity contribution in [3.8, 4) is 0 Å². The molecular formula is C27H48N6O2. The van der Waals surface area contributed by atoms with Crippen molar-refractivity contribution in [2.75, 3.05) is 13.2 Å². The van der Waals surface area contributed by atoms with E-state index in [9.17, 15) is 4.79 Å². The maximum absolute atomic E-state index is 13.3. The first kappa shape index (κ1) is 27.3. The third-order valence-electron chi connectivity index (χ3n) is 7.45. The monoisotopic (exact) mass is 488 g/mol. The Bertz CT molecular complexity index is 774. The smallest absolute Gasteiger partial charge is 0.337 e. The Hall–Kier alpha value is -2.25. The normalized spacial score (nSPS) is 23.0. The fourth-order valence-corrected chi connectivity index (χ4v) is 5.60. The summed E-state index contributed by atoms with van der Waals surface area (Å²) in [5, 5.41) is 3.76. The molecule has 0 amide bonds. The maximum Gasteiger partial charge on any atom is 0.337 e. The summed E-state index contributed by atoms with van der Waals surface area (Å²) in [6, 6.07) is 0.835. The third-order valence-corrected chi connectivity index (χ3v) is 7.45. The molecule has 0 aliphatic carbocycles. The number of carbonyl (C=O) groups is 1. The first-order valence-corrected chi connectivity index (χ1v) is 14.1. The minimum Gasteiger partial charge on any atom is -0.462 e. The molecule has 3 atom stereocenters. The highest BCUT2D eigenvalue weighted by Crippen LogP contribution is 2.40. The minimum atomic E-state index is -0.190. The number of hydrogen-bond donors (Lipinski definition) is 3. The molecule has 3 aliphatic rings. The molecule has 198 valence electrons. The van der Waals surface area contributed by atoms with Gasteiger partial charge in [-0.1, -0.05) is 65.2 Å². The van der Waals surface area contributed by atoms with Crippen LogP contribution in [0.1, 0.15) is 110 Å². The van der Waals surface area contributed by atoms with E-state index in [0.717, 1.165) is 75.0 Å². The maximum atomic E-state index is 13.3. The van der Waals surface area contributed by atoms with Crippen LogP contribution >= 0.6 is 0 Å². The Morgan fingerprint density at radius 2 is 1.80 bits per heavy atom. The number of guanidine groups is 2. The van der Waals surface area contributed by atoms with E-state index in [1.54, 1.807) is 0 Å². The first-order valence-electron chi connectivity index (χ1n) is 14.1. The average molecular weight is 489 g/mol. The van der Waals surface area contributed by atoms with E-state index in [1.807, 2.05) is 0 Å². The number of hydrogen-bond acceptors (Lipinski definition) is 6. The third kappa shape index (κ3) is 7.87. The van der Waals surface area contributed by atoms with Crippen LogP contribution in [0.3, 0.4) is 0 Å². The molecule has 3 aliphatic heterocycles. The predicted molar refractivity (Wildman–Crippen MR) is 143 cm³/mol. The number of aliphatic imine (C=N–C) groups is 2. The van der Waals surface area contributed by atoms with Crippen LogP contribution in [0.2, 0.25) is 0 Å². The van der Waals surface area contributed by atoms with Gasteiger partial charge in [-0.05, 0) is 44.9 Å². The van der Waals surface area contributed by atoms with Crippen molar-refractivity contribution in [1.29, 1.82) is 0 Å². The van der Waals surface area contributed by atoms with Crippen LogP contribution in [0.15, 0.2) is 21.3 Å². The molecule has 0 aromatic rings. The van der Waals surface area contributed by atoms with Gasteiger partial charge in [0.2, 0.25) is 0 Å². The summed E-state index contributed by atoms with van der Waals surface area (Å²) in [6.07, 6.45) is 16.8. The molecule has 2 saturated heterocycles. The second-order valence-electron chi connectivity index (χ2n) is 10.3. The number of allylic oxidation sites excluding steroid dienone is 1. The Kier molecular flexibility index (Phi) is 11.2. The van der Waals surface area contributed by atoms with Gasteiger partial charge in [-0.15, -0.1) is 0 Å². The van der Waals surface area contributed by atoms with Gasteiger partial charge in [0.25, 0.3) is 0 Å². The molecule has 2 fully saturated rings. The zero-order valence-electron chi connectivity index (χ0n) is 22.1. The Labute approximate surface area is 212 Å². The number of esters is 1. The van der Waals surface area contributed by atoms with Gasteiger partial charge in [0.05, 0.1) is 18.2 Å². The van der Waals surface area contributed by atoms with Gasteiger partial charge in [0.1, 0.15) is 0 Å². The molecule has 8 heteroatoms. The molecular weight excluding hydrogens is 440 g/mol. The van der Waals surface area contributed by atoms with Crippen LogP contribution in [-0.4, -0.2) is 54.1 Å². The molecule has 0 bridgehead atoms. The van der Waals surface area contributed by atoms with Gasteiger partial charge in [-0.25, -0.2) is 9.79 Å². The SMILES string of the molecule is CCCCCCCC1C[C@H]2CCC3=C(C(=O)OCCCCN=C(N)N)C(CCCCC)N=C(N1)N32. The summed E-state index contributed by atoms with van der Waals surface area (Å²) in [5.74, 6) is 0.914. The van der Waals surface area contributed by atoms with Crippen LogP contribution in [0.5, 0.6) is 0 Å². The van der Waals surface area contributed by atoms with Gasteiger partial charge < -0.3 is 26.4 Å². The van der Waals surface area contributed by atoms with E-state index >= 15 is 0 Å². The lowest BCUT2D eigenvalue weighted by Crippen LogP contribution is -2.56. The fraction of sp³-hybridized carbons (Fsp3) is 0.815. The van der Waals surface area contributed by atoms with Gasteiger partial charge in [0, 0.05) is 24.3 Å². The Morgan fingerprint density at radius 3 is 2.57 bits per heavy atom. The number of unbranched alkanes of at least 4 members (excludes halogenated alkanes) is 7. The van der Waals surface area contributed by atoms with Gasteiger partial charge in [0.15, 0.2) is 11.9 Å². The van der Waals surface area contributed by atoms with E-state index < -0.39 is 0 Å². The molecule has 0 aromatic carbocycles. The summed E-state index contributed by atoms with van der Waals surface area (Å²) in [4.78, 5) is 24.7. The molecule has 0 saturated carbocycles. The van der Waals surface area contributed by atoms with E-state index in [4.69, 9.17) is 21.2 Å². The minimum absolute atomic E-state index is 0.101. The number of nitrogens with two attached hydrogens (primary N) is 2. The Balaban J connectivity index is 1.63. The fourth-order valence-electron chi connectivity index (χ4n) is 5.60. The lowest BCUT2D eigenvalue weighted by molar-refractivity contribution is -0.139. The highest BCUT2D eigenvalue weighted by molar-refractivity contribution is 5.96. The molecule has 0 radical (unpaired) electrons. The first-order chi connectivity index (χ1) is 17.0. The number of carbonyl (C=O) groups excluding carboxylic acids is 1. The van der Waals surface area contributed by atoms with Gasteiger partial charge in [-0.2, -0.15) is 0 Å². The van der Waals surface area contributed by atoms with Crippen molar-refractivity contribution < 1.29 is 9.53 Å². The van der Waals surface area contributed by atoms with Crippen molar-refractivity contribution in [2.24, 2.45) is 21.5 Å². The van der Waals surface area contributed by atoms with E-state index in [0.29, 0.717) is 25.2 Å². The van der Waals surface area contributed by atoms with Crippen LogP contribution < -0.4 is 16.8 Å². The Morgan fingerprint density at radius 1 is 1.06 bits per heavy atom. The molecule has 3 rings (SSSR count). The summed E-state index contributed by atoms with van der Waals surface area (Å²) < 4.78 is 5.74. The quantitative estimate of drug-likeness (QED) is 0.129.